The van der Waals surface area contributed by atoms with E-state index in [1.165, 1.54) is 12.8 Å². The molecule has 4 heteroatoms. The predicted molar refractivity (Wildman–Crippen MR) is 40.9 cm³/mol. The number of nitrogens with two attached hydrogens (primary N) is 1. The summed E-state index contributed by atoms with van der Waals surface area (Å²) in [5.74, 6) is 0. The Morgan fingerprint density at radius 2 is 2.36 bits per heavy atom. The van der Waals surface area contributed by atoms with Gasteiger partial charge in [0.2, 0.25) is 0 Å². The van der Waals surface area contributed by atoms with E-state index in [-0.39, 0.29) is 6.03 Å². The van der Waals surface area contributed by atoms with Crippen LogP contribution in [-0.2, 0) is 0 Å². The second-order valence-corrected chi connectivity index (χ2v) is 3.31. The Kier molecular flexibility index (Phi) is 1.49. The van der Waals surface area contributed by atoms with Crippen molar-refractivity contribution in [1.82, 2.24) is 9.80 Å². The lowest BCUT2D eigenvalue weighted by Crippen LogP contribution is -2.35. The largest absolute Gasteiger partial charge is 0.351 e. The SMILES string of the molecule is NC(=O)N1CC2CCCN2C1. The van der Waals surface area contributed by atoms with Crippen LogP contribution in [0.15, 0.2) is 0 Å². The highest BCUT2D eigenvalue weighted by atomic mass is 16.2. The fourth-order valence-electron chi connectivity index (χ4n) is 1.98. The Labute approximate surface area is 65.9 Å². The Balaban J connectivity index is 1.99. The lowest BCUT2D eigenvalue weighted by Gasteiger charge is -2.13. The van der Waals surface area contributed by atoms with Gasteiger partial charge in [-0.1, -0.05) is 0 Å². The molecule has 2 N–H and O–H groups in total. The third-order valence-corrected chi connectivity index (χ3v) is 2.59. The second kappa shape index (κ2) is 2.37. The van der Waals surface area contributed by atoms with Crippen molar-refractivity contribution in [3.8, 4) is 0 Å². The summed E-state index contributed by atoms with van der Waals surface area (Å²) in [7, 11) is 0. The third kappa shape index (κ3) is 1.07. The van der Waals surface area contributed by atoms with E-state index in [9.17, 15) is 4.79 Å². The molecule has 1 unspecified atom stereocenters. The molecular weight excluding hydrogens is 142 g/mol. The van der Waals surface area contributed by atoms with Crippen LogP contribution in [0.4, 0.5) is 4.79 Å². The summed E-state index contributed by atoms with van der Waals surface area (Å²) in [5, 5.41) is 0. The Morgan fingerprint density at radius 1 is 1.55 bits per heavy atom. The van der Waals surface area contributed by atoms with Crippen LogP contribution >= 0.6 is 0 Å². The maximum Gasteiger partial charge on any atom is 0.315 e. The summed E-state index contributed by atoms with van der Waals surface area (Å²) < 4.78 is 0. The van der Waals surface area contributed by atoms with Crippen LogP contribution in [0, 0.1) is 0 Å². The van der Waals surface area contributed by atoms with Crippen LogP contribution in [0.1, 0.15) is 12.8 Å². The highest BCUT2D eigenvalue weighted by molar-refractivity contribution is 5.72. The molecule has 2 amide bonds. The zero-order valence-electron chi connectivity index (χ0n) is 6.49. The standard InChI is InChI=1S/C7H13N3O/c8-7(11)10-4-6-2-1-3-9(6)5-10/h6H,1-5H2,(H2,8,11). The topological polar surface area (TPSA) is 49.6 Å². The smallest absolute Gasteiger partial charge is 0.315 e. The minimum absolute atomic E-state index is 0.278. The maximum atomic E-state index is 10.8. The fraction of sp³-hybridized carbons (Fsp3) is 0.857. The molecule has 2 aliphatic heterocycles. The number of carbonyl (C=O) groups excluding carboxylic acids is 1. The first-order valence-corrected chi connectivity index (χ1v) is 4.06. The highest BCUT2D eigenvalue weighted by Gasteiger charge is 2.34. The van der Waals surface area contributed by atoms with Gasteiger partial charge in [0.1, 0.15) is 0 Å². The van der Waals surface area contributed by atoms with Crippen LogP contribution in [0.25, 0.3) is 0 Å². The number of primary amides is 1. The van der Waals surface area contributed by atoms with Crippen molar-refractivity contribution >= 4 is 6.03 Å². The van der Waals surface area contributed by atoms with Crippen molar-refractivity contribution in [3.63, 3.8) is 0 Å². The van der Waals surface area contributed by atoms with E-state index in [0.29, 0.717) is 6.04 Å². The molecule has 0 bridgehead atoms. The number of urea groups is 1. The van der Waals surface area contributed by atoms with Gasteiger partial charge >= 0.3 is 6.03 Å². The molecule has 1 atom stereocenters. The number of hydrogen-bond donors (Lipinski definition) is 1. The Bertz CT molecular complexity index is 171. The van der Waals surface area contributed by atoms with Crippen LogP contribution in [0.2, 0.25) is 0 Å². The molecule has 0 spiro atoms. The van der Waals surface area contributed by atoms with E-state index in [0.717, 1.165) is 19.8 Å². The monoisotopic (exact) mass is 155 g/mol. The lowest BCUT2D eigenvalue weighted by atomic mass is 10.2. The molecule has 0 radical (unpaired) electrons. The molecule has 0 saturated carbocycles. The van der Waals surface area contributed by atoms with Crippen molar-refractivity contribution in [2.24, 2.45) is 5.73 Å². The summed E-state index contributed by atoms with van der Waals surface area (Å²) in [5.41, 5.74) is 5.16. The first-order valence-electron chi connectivity index (χ1n) is 4.06. The molecule has 2 aliphatic rings. The van der Waals surface area contributed by atoms with E-state index in [4.69, 9.17) is 5.73 Å². The van der Waals surface area contributed by atoms with E-state index < -0.39 is 0 Å². The first kappa shape index (κ1) is 6.91. The van der Waals surface area contributed by atoms with Gasteiger partial charge in [-0.05, 0) is 12.8 Å². The van der Waals surface area contributed by atoms with Gasteiger partial charge in [-0.3, -0.25) is 4.90 Å². The molecular formula is C7H13N3O. The van der Waals surface area contributed by atoms with E-state index >= 15 is 0 Å². The van der Waals surface area contributed by atoms with Crippen molar-refractivity contribution in [3.05, 3.63) is 0 Å². The van der Waals surface area contributed by atoms with Crippen molar-refractivity contribution in [2.45, 2.75) is 18.9 Å². The number of rotatable bonds is 0. The number of fused-ring (bicyclic) bond motifs is 1. The fourth-order valence-corrected chi connectivity index (χ4v) is 1.98. The van der Waals surface area contributed by atoms with Crippen molar-refractivity contribution < 1.29 is 4.79 Å². The highest BCUT2D eigenvalue weighted by Crippen LogP contribution is 2.23. The zero-order chi connectivity index (χ0) is 7.84. The average Bonchev–Trinajstić information content (AvgIpc) is 2.40. The van der Waals surface area contributed by atoms with Crippen LogP contribution in [0.5, 0.6) is 0 Å². The zero-order valence-corrected chi connectivity index (χ0v) is 6.49. The molecule has 62 valence electrons. The molecule has 2 rings (SSSR count). The Hall–Kier alpha value is -0.770. The quantitative estimate of drug-likeness (QED) is 0.526. The van der Waals surface area contributed by atoms with Gasteiger partial charge in [-0.25, -0.2) is 4.79 Å². The normalized spacial score (nSPS) is 30.9. The van der Waals surface area contributed by atoms with E-state index in [2.05, 4.69) is 4.90 Å². The van der Waals surface area contributed by atoms with Gasteiger partial charge in [0.05, 0.1) is 6.67 Å². The molecule has 2 saturated heterocycles. The third-order valence-electron chi connectivity index (χ3n) is 2.59. The summed E-state index contributed by atoms with van der Waals surface area (Å²) in [6.45, 7) is 2.73. The average molecular weight is 155 g/mol. The summed E-state index contributed by atoms with van der Waals surface area (Å²) in [6.07, 6.45) is 2.50. The van der Waals surface area contributed by atoms with Gasteiger partial charge in [0.25, 0.3) is 0 Å². The van der Waals surface area contributed by atoms with Gasteiger partial charge < -0.3 is 10.6 Å². The molecule has 2 heterocycles. The molecule has 2 fully saturated rings. The summed E-state index contributed by atoms with van der Waals surface area (Å²) in [4.78, 5) is 14.8. The number of hydrogen-bond acceptors (Lipinski definition) is 2. The molecule has 0 aliphatic carbocycles. The van der Waals surface area contributed by atoms with Crippen LogP contribution < -0.4 is 5.73 Å². The molecule has 4 nitrogen and oxygen atoms in total. The van der Waals surface area contributed by atoms with Crippen molar-refractivity contribution in [1.29, 1.82) is 0 Å². The number of amides is 2. The maximum absolute atomic E-state index is 10.8. The minimum atomic E-state index is -0.278. The lowest BCUT2D eigenvalue weighted by molar-refractivity contribution is 0.206. The molecule has 11 heavy (non-hydrogen) atoms. The van der Waals surface area contributed by atoms with Crippen molar-refractivity contribution in [2.75, 3.05) is 19.8 Å². The summed E-state index contributed by atoms with van der Waals surface area (Å²) in [6, 6.07) is 0.321. The van der Waals surface area contributed by atoms with Gasteiger partial charge in [0, 0.05) is 19.1 Å². The Morgan fingerprint density at radius 3 is 3.00 bits per heavy atom. The first-order chi connectivity index (χ1) is 5.27. The van der Waals surface area contributed by atoms with E-state index in [1.807, 2.05) is 0 Å². The predicted octanol–water partition coefficient (Wildman–Crippen LogP) is -0.197. The molecule has 0 aromatic heterocycles. The van der Waals surface area contributed by atoms with Gasteiger partial charge in [-0.15, -0.1) is 0 Å². The van der Waals surface area contributed by atoms with Crippen LogP contribution in [0.3, 0.4) is 0 Å². The summed E-state index contributed by atoms with van der Waals surface area (Å²) >= 11 is 0. The van der Waals surface area contributed by atoms with Gasteiger partial charge in [0.15, 0.2) is 0 Å². The number of carbonyl (C=O) groups is 1. The second-order valence-electron chi connectivity index (χ2n) is 3.31. The minimum Gasteiger partial charge on any atom is -0.351 e. The van der Waals surface area contributed by atoms with E-state index in [1.54, 1.807) is 4.90 Å². The molecule has 0 aromatic carbocycles. The number of nitrogens with zero attached hydrogens (tertiary/aromatic N) is 2. The van der Waals surface area contributed by atoms with Gasteiger partial charge in [-0.2, -0.15) is 0 Å². The van der Waals surface area contributed by atoms with Crippen LogP contribution in [-0.4, -0.2) is 41.6 Å². The molecule has 0 aromatic rings.